The van der Waals surface area contributed by atoms with Crippen LogP contribution in [-0.4, -0.2) is 22.4 Å². The monoisotopic (exact) mass is 301 g/mol. The Morgan fingerprint density at radius 2 is 2.00 bits per heavy atom. The van der Waals surface area contributed by atoms with Crippen LogP contribution in [-0.2, 0) is 11.4 Å². The smallest absolute Gasteiger partial charge is 0.251 e. The number of halogens is 1. The van der Waals surface area contributed by atoms with Crippen molar-refractivity contribution in [2.24, 2.45) is 0 Å². The average molecular weight is 302 g/mol. The summed E-state index contributed by atoms with van der Waals surface area (Å²) in [4.78, 5) is 9.16. The van der Waals surface area contributed by atoms with Crippen LogP contribution in [0.25, 0.3) is 10.8 Å². The van der Waals surface area contributed by atoms with E-state index in [0.29, 0.717) is 6.54 Å². The van der Waals surface area contributed by atoms with Gasteiger partial charge in [-0.05, 0) is 28.1 Å². The highest BCUT2D eigenvalue weighted by molar-refractivity contribution is 5.99. The van der Waals surface area contributed by atoms with Gasteiger partial charge in [0.2, 0.25) is 0 Å². The van der Waals surface area contributed by atoms with Gasteiger partial charge in [0.05, 0.1) is 6.33 Å². The maximum atomic E-state index is 5.10. The summed E-state index contributed by atoms with van der Waals surface area (Å²) in [6.07, 6.45) is 5.49. The van der Waals surface area contributed by atoms with Gasteiger partial charge in [0.1, 0.15) is 13.7 Å². The number of aromatic nitrogens is 2. The zero-order chi connectivity index (χ0) is 13.8. The van der Waals surface area contributed by atoms with Crippen molar-refractivity contribution in [2.75, 3.05) is 7.11 Å². The maximum absolute atomic E-state index is 5.10. The van der Waals surface area contributed by atoms with Gasteiger partial charge in [0.25, 0.3) is 5.71 Å². The number of hydrogen-bond acceptors (Lipinski definition) is 2. The first-order valence-corrected chi connectivity index (χ1v) is 6.46. The first kappa shape index (κ1) is 15.1. The summed E-state index contributed by atoms with van der Waals surface area (Å²) >= 11 is 0. The van der Waals surface area contributed by atoms with Crippen LogP contribution in [0.1, 0.15) is 5.56 Å². The van der Waals surface area contributed by atoms with E-state index in [4.69, 9.17) is 4.84 Å². The second-order valence-electron chi connectivity index (χ2n) is 4.58. The van der Waals surface area contributed by atoms with Gasteiger partial charge in [-0.2, -0.15) is 0 Å². The van der Waals surface area contributed by atoms with Gasteiger partial charge in [0, 0.05) is 18.0 Å². The van der Waals surface area contributed by atoms with E-state index in [2.05, 4.69) is 40.5 Å². The third-order valence-corrected chi connectivity index (χ3v) is 3.22. The molecule has 0 unspecified atom stereocenters. The predicted octanol–water partition coefficient (Wildman–Crippen LogP) is -1.83. The van der Waals surface area contributed by atoms with Crippen molar-refractivity contribution in [3.63, 3.8) is 0 Å². The molecular formula is C16H16ClN3O. The summed E-state index contributed by atoms with van der Waals surface area (Å²) < 4.78 is 2.00. The van der Waals surface area contributed by atoms with E-state index >= 15 is 0 Å². The lowest BCUT2D eigenvalue weighted by Crippen LogP contribution is -3.00. The molecule has 3 rings (SSSR count). The summed E-state index contributed by atoms with van der Waals surface area (Å²) in [5, 5.41) is 5.42. The Balaban J connectivity index is 0.00000161. The van der Waals surface area contributed by atoms with Crippen molar-refractivity contribution in [1.29, 1.82) is 0 Å². The number of nitrogens with zero attached hydrogens (tertiary/aromatic N) is 2. The fraction of sp³-hybridized carbons (Fsp3) is 0.125. The minimum Gasteiger partial charge on any atom is -1.00 e. The second-order valence-corrected chi connectivity index (χ2v) is 4.58. The Kier molecular flexibility index (Phi) is 4.95. The van der Waals surface area contributed by atoms with Crippen molar-refractivity contribution in [1.82, 2.24) is 9.55 Å². The van der Waals surface area contributed by atoms with Gasteiger partial charge in [-0.15, -0.1) is 0 Å². The number of nitrogens with one attached hydrogen (secondary N) is 1. The molecule has 0 spiro atoms. The van der Waals surface area contributed by atoms with Crippen LogP contribution in [0.5, 0.6) is 0 Å². The van der Waals surface area contributed by atoms with Crippen LogP contribution >= 0.6 is 0 Å². The molecule has 0 aliphatic carbocycles. The molecule has 0 aliphatic rings. The fourth-order valence-electron chi connectivity index (χ4n) is 2.25. The Bertz CT molecular complexity index is 738. The van der Waals surface area contributed by atoms with E-state index < -0.39 is 0 Å². The molecule has 0 fully saturated rings. The van der Waals surface area contributed by atoms with Crippen LogP contribution in [0.15, 0.2) is 61.2 Å². The number of rotatable bonds is 4. The molecule has 0 radical (unpaired) electrons. The van der Waals surface area contributed by atoms with Gasteiger partial charge < -0.3 is 17.0 Å². The minimum atomic E-state index is 0. The highest BCUT2D eigenvalue weighted by Gasteiger charge is 2.12. The van der Waals surface area contributed by atoms with Crippen LogP contribution in [0, 0.1) is 0 Å². The summed E-state index contributed by atoms with van der Waals surface area (Å²) in [5.41, 5.74) is 2.11. The molecule has 21 heavy (non-hydrogen) atoms. The van der Waals surface area contributed by atoms with Crippen molar-refractivity contribution in [3.8, 4) is 0 Å². The van der Waals surface area contributed by atoms with E-state index in [1.54, 1.807) is 19.6 Å². The normalized spacial score (nSPS) is 11.2. The molecule has 4 nitrogen and oxygen atoms in total. The number of fused-ring (bicyclic) bond motifs is 1. The lowest BCUT2D eigenvalue weighted by Gasteiger charge is -2.04. The van der Waals surface area contributed by atoms with E-state index in [-0.39, 0.29) is 12.4 Å². The van der Waals surface area contributed by atoms with E-state index in [1.165, 1.54) is 10.8 Å². The molecule has 0 saturated carbocycles. The number of benzene rings is 2. The van der Waals surface area contributed by atoms with Crippen LogP contribution in [0.4, 0.5) is 0 Å². The molecule has 1 heterocycles. The van der Waals surface area contributed by atoms with Crippen LogP contribution in [0.2, 0.25) is 0 Å². The SMILES string of the molecule is CO/[NH+]=C(/Cn1ccnc1)c1ccc2ccccc2c1.[Cl-]. The molecule has 0 saturated heterocycles. The van der Waals surface area contributed by atoms with Gasteiger partial charge in [0.15, 0.2) is 0 Å². The number of imidazole rings is 1. The molecule has 3 aromatic rings. The molecule has 2 aromatic carbocycles. The quantitative estimate of drug-likeness (QED) is 0.455. The highest BCUT2D eigenvalue weighted by atomic mass is 35.5. The first-order chi connectivity index (χ1) is 9.86. The van der Waals surface area contributed by atoms with Crippen molar-refractivity contribution in [3.05, 3.63) is 66.7 Å². The minimum absolute atomic E-state index is 0. The third kappa shape index (κ3) is 3.41. The standard InChI is InChI=1S/C16H15N3O.ClH/c1-20-18-16(11-19-9-8-17-12-19)15-7-6-13-4-2-3-5-14(13)10-15;/h2-10,12H,11H2,1H3;1H/b18-16-;. The highest BCUT2D eigenvalue weighted by Crippen LogP contribution is 2.15. The molecule has 5 heteroatoms. The van der Waals surface area contributed by atoms with E-state index in [0.717, 1.165) is 11.3 Å². The van der Waals surface area contributed by atoms with E-state index in [1.807, 2.05) is 22.9 Å². The molecule has 0 atom stereocenters. The fourth-order valence-corrected chi connectivity index (χ4v) is 2.25. The van der Waals surface area contributed by atoms with Gasteiger partial charge >= 0.3 is 0 Å². The summed E-state index contributed by atoms with van der Waals surface area (Å²) in [5.74, 6) is 0. The molecule has 1 aromatic heterocycles. The maximum Gasteiger partial charge on any atom is 0.251 e. The number of hydrogen-bond donors (Lipinski definition) is 1. The third-order valence-electron chi connectivity index (χ3n) is 3.22. The molecule has 0 bridgehead atoms. The topological polar surface area (TPSA) is 41.0 Å². The van der Waals surface area contributed by atoms with Crippen molar-refractivity contribution < 1.29 is 22.4 Å². The van der Waals surface area contributed by atoms with E-state index in [9.17, 15) is 0 Å². The van der Waals surface area contributed by atoms with Crippen molar-refractivity contribution >= 4 is 16.5 Å². The molecule has 108 valence electrons. The Hall–Kier alpha value is -2.33. The zero-order valence-electron chi connectivity index (χ0n) is 11.7. The first-order valence-electron chi connectivity index (χ1n) is 6.46. The van der Waals surface area contributed by atoms with Crippen molar-refractivity contribution in [2.45, 2.75) is 6.54 Å². The van der Waals surface area contributed by atoms with Gasteiger partial charge in [-0.3, -0.25) is 4.84 Å². The summed E-state index contributed by atoms with van der Waals surface area (Å²) in [6.45, 7) is 0.687. The lowest BCUT2D eigenvalue weighted by atomic mass is 10.0. The predicted molar refractivity (Wildman–Crippen MR) is 78.3 cm³/mol. The zero-order valence-corrected chi connectivity index (χ0v) is 12.4. The largest absolute Gasteiger partial charge is 1.00 e. The Labute approximate surface area is 129 Å². The summed E-state index contributed by atoms with van der Waals surface area (Å²) in [6, 6.07) is 14.7. The summed E-state index contributed by atoms with van der Waals surface area (Å²) in [7, 11) is 1.62. The van der Waals surface area contributed by atoms with Crippen LogP contribution in [0.3, 0.4) is 0 Å². The molecular weight excluding hydrogens is 286 g/mol. The second kappa shape index (κ2) is 6.90. The lowest BCUT2D eigenvalue weighted by molar-refractivity contribution is -0.744. The Morgan fingerprint density at radius 3 is 2.71 bits per heavy atom. The average Bonchev–Trinajstić information content (AvgIpc) is 2.99. The molecule has 0 aliphatic heterocycles. The van der Waals surface area contributed by atoms with Gasteiger partial charge in [-0.1, -0.05) is 30.3 Å². The Morgan fingerprint density at radius 1 is 1.19 bits per heavy atom. The molecule has 0 amide bonds. The molecule has 1 N–H and O–H groups in total. The van der Waals surface area contributed by atoms with Crippen LogP contribution < -0.4 is 17.6 Å². The van der Waals surface area contributed by atoms with Gasteiger partial charge in [-0.25, -0.2) is 4.98 Å².